The smallest absolute Gasteiger partial charge is 0.223 e. The number of pyridine rings is 1. The van der Waals surface area contributed by atoms with Crippen LogP contribution < -0.4 is 0 Å². The van der Waals surface area contributed by atoms with Crippen molar-refractivity contribution in [3.8, 4) is 0 Å². The summed E-state index contributed by atoms with van der Waals surface area (Å²) in [6.07, 6.45) is 8.51. The third kappa shape index (κ3) is 4.71. The summed E-state index contributed by atoms with van der Waals surface area (Å²) in [6, 6.07) is 9.96. The Morgan fingerprint density at radius 3 is 2.81 bits per heavy atom. The molecule has 2 aromatic heterocycles. The largest absolute Gasteiger partial charge is 0.358 e. The summed E-state index contributed by atoms with van der Waals surface area (Å²) in [5.74, 6) is 0. The third-order valence-electron chi connectivity index (χ3n) is 5.64. The minimum absolute atomic E-state index is 0.141. The third-order valence-corrected chi connectivity index (χ3v) is 6.48. The van der Waals surface area contributed by atoms with Crippen molar-refractivity contribution in [2.75, 3.05) is 13.2 Å². The Labute approximate surface area is 199 Å². The maximum absolute atomic E-state index is 6.74. The standard InChI is InChI=1S/C23H23ClIN3O3/c24-22-27-19-9-6-16(25)12-18(19)21(28-22)23(31-17-7-8-17,15-4-3-10-26-13-15)14-30-20-5-1-2-11-29-20/h3-4,6,9-10,12-13,17,20H,1-2,5,7-8,11,14H2. The first-order chi connectivity index (χ1) is 15.1. The van der Waals surface area contributed by atoms with E-state index in [2.05, 4.69) is 38.6 Å². The van der Waals surface area contributed by atoms with Crippen LogP contribution in [0.15, 0.2) is 42.7 Å². The summed E-state index contributed by atoms with van der Waals surface area (Å²) in [6.45, 7) is 0.974. The second-order valence-corrected chi connectivity index (χ2v) is 9.58. The van der Waals surface area contributed by atoms with Gasteiger partial charge in [-0.1, -0.05) is 6.07 Å². The predicted octanol–water partition coefficient (Wildman–Crippen LogP) is 5.25. The molecule has 1 saturated heterocycles. The van der Waals surface area contributed by atoms with Crippen LogP contribution in [0.5, 0.6) is 0 Å². The van der Waals surface area contributed by atoms with Crippen molar-refractivity contribution < 1.29 is 14.2 Å². The van der Waals surface area contributed by atoms with Gasteiger partial charge >= 0.3 is 0 Å². The Hall–Kier alpha value is -1.39. The summed E-state index contributed by atoms with van der Waals surface area (Å²) in [7, 11) is 0. The van der Waals surface area contributed by atoms with Crippen molar-refractivity contribution in [3.05, 3.63) is 62.8 Å². The van der Waals surface area contributed by atoms with Gasteiger partial charge in [-0.25, -0.2) is 9.97 Å². The van der Waals surface area contributed by atoms with Gasteiger partial charge in [-0.3, -0.25) is 4.98 Å². The molecule has 3 aromatic rings. The molecule has 5 rings (SSSR count). The van der Waals surface area contributed by atoms with Crippen LogP contribution in [-0.2, 0) is 19.8 Å². The average molecular weight is 552 g/mol. The Kier molecular flexibility index (Phi) is 6.39. The molecule has 1 aliphatic heterocycles. The van der Waals surface area contributed by atoms with Gasteiger partial charge in [0.2, 0.25) is 5.28 Å². The van der Waals surface area contributed by atoms with E-state index < -0.39 is 5.60 Å². The monoisotopic (exact) mass is 551 g/mol. The number of hydrogen-bond donors (Lipinski definition) is 0. The Bertz CT molecular complexity index is 1060. The lowest BCUT2D eigenvalue weighted by Crippen LogP contribution is -2.41. The molecule has 2 unspecified atom stereocenters. The highest BCUT2D eigenvalue weighted by Crippen LogP contribution is 2.42. The van der Waals surface area contributed by atoms with Crippen LogP contribution in [0, 0.1) is 3.57 Å². The normalized spacial score (nSPS) is 21.2. The molecule has 1 saturated carbocycles. The lowest BCUT2D eigenvalue weighted by molar-refractivity contribution is -0.197. The number of nitrogens with zero attached hydrogens (tertiary/aromatic N) is 3. The quantitative estimate of drug-likeness (QED) is 0.295. The zero-order valence-electron chi connectivity index (χ0n) is 17.0. The molecule has 1 aliphatic carbocycles. The first kappa shape index (κ1) is 21.5. The first-order valence-corrected chi connectivity index (χ1v) is 12.0. The van der Waals surface area contributed by atoms with E-state index in [0.29, 0.717) is 12.3 Å². The number of halogens is 2. The lowest BCUT2D eigenvalue weighted by atomic mass is 9.89. The summed E-state index contributed by atoms with van der Waals surface area (Å²) in [5.41, 5.74) is 1.40. The lowest BCUT2D eigenvalue weighted by Gasteiger charge is -2.36. The Morgan fingerprint density at radius 2 is 2.06 bits per heavy atom. The molecular formula is C23H23ClIN3O3. The van der Waals surface area contributed by atoms with Crippen LogP contribution in [0.3, 0.4) is 0 Å². The molecule has 3 heterocycles. The zero-order valence-corrected chi connectivity index (χ0v) is 19.9. The molecule has 1 aromatic carbocycles. The summed E-state index contributed by atoms with van der Waals surface area (Å²) < 4.78 is 20.0. The van der Waals surface area contributed by atoms with Crippen molar-refractivity contribution in [2.45, 2.75) is 50.1 Å². The molecule has 8 heteroatoms. The number of aromatic nitrogens is 3. The van der Waals surface area contributed by atoms with E-state index >= 15 is 0 Å². The van der Waals surface area contributed by atoms with Crippen molar-refractivity contribution in [1.29, 1.82) is 0 Å². The highest BCUT2D eigenvalue weighted by Gasteiger charge is 2.45. The van der Waals surface area contributed by atoms with E-state index in [1.165, 1.54) is 0 Å². The van der Waals surface area contributed by atoms with Gasteiger partial charge in [-0.05, 0) is 90.6 Å². The van der Waals surface area contributed by atoms with Gasteiger partial charge < -0.3 is 14.2 Å². The van der Waals surface area contributed by atoms with Crippen molar-refractivity contribution >= 4 is 45.1 Å². The van der Waals surface area contributed by atoms with E-state index in [4.69, 9.17) is 30.8 Å². The Morgan fingerprint density at radius 1 is 1.16 bits per heavy atom. The van der Waals surface area contributed by atoms with Crippen LogP contribution in [0.25, 0.3) is 10.9 Å². The molecule has 0 radical (unpaired) electrons. The van der Waals surface area contributed by atoms with E-state index in [-0.39, 0.29) is 24.3 Å². The van der Waals surface area contributed by atoms with Crippen LogP contribution in [0.1, 0.15) is 43.4 Å². The van der Waals surface area contributed by atoms with E-state index in [1.54, 1.807) is 6.20 Å². The van der Waals surface area contributed by atoms with Gasteiger partial charge in [-0.2, -0.15) is 0 Å². The second-order valence-electron chi connectivity index (χ2n) is 8.00. The van der Waals surface area contributed by atoms with E-state index in [0.717, 1.165) is 52.1 Å². The van der Waals surface area contributed by atoms with Crippen LogP contribution >= 0.6 is 34.2 Å². The molecule has 0 N–H and O–H groups in total. The summed E-state index contributed by atoms with van der Waals surface area (Å²) in [4.78, 5) is 13.5. The van der Waals surface area contributed by atoms with Crippen LogP contribution in [0.4, 0.5) is 0 Å². The number of hydrogen-bond acceptors (Lipinski definition) is 6. The minimum Gasteiger partial charge on any atom is -0.358 e. The van der Waals surface area contributed by atoms with Crippen LogP contribution in [0.2, 0.25) is 5.28 Å². The van der Waals surface area contributed by atoms with Gasteiger partial charge in [0.1, 0.15) is 0 Å². The fraction of sp³-hybridized carbons (Fsp3) is 0.435. The minimum atomic E-state index is -0.967. The van der Waals surface area contributed by atoms with Gasteiger partial charge in [0, 0.05) is 33.5 Å². The molecule has 6 nitrogen and oxygen atoms in total. The van der Waals surface area contributed by atoms with Crippen molar-refractivity contribution in [2.24, 2.45) is 0 Å². The van der Waals surface area contributed by atoms with Gasteiger partial charge in [0.15, 0.2) is 11.9 Å². The molecule has 0 bridgehead atoms. The fourth-order valence-corrected chi connectivity index (χ4v) is 4.62. The second kappa shape index (κ2) is 9.23. The highest BCUT2D eigenvalue weighted by molar-refractivity contribution is 14.1. The maximum atomic E-state index is 6.74. The molecule has 0 amide bonds. The molecule has 31 heavy (non-hydrogen) atoms. The maximum Gasteiger partial charge on any atom is 0.223 e. The SMILES string of the molecule is Clc1nc(C(COC2CCCCO2)(OC2CC2)c2cccnc2)c2cc(I)ccc2n1. The number of benzene rings is 1. The van der Waals surface area contributed by atoms with Gasteiger partial charge in [0.05, 0.1) is 23.9 Å². The summed E-state index contributed by atoms with van der Waals surface area (Å²) in [5, 5.41) is 1.08. The van der Waals surface area contributed by atoms with Crippen molar-refractivity contribution in [3.63, 3.8) is 0 Å². The van der Waals surface area contributed by atoms with Gasteiger partial charge in [0.25, 0.3) is 0 Å². The molecule has 162 valence electrons. The Balaban J connectivity index is 1.67. The molecule has 2 fully saturated rings. The first-order valence-electron chi connectivity index (χ1n) is 10.6. The topological polar surface area (TPSA) is 66.4 Å². The van der Waals surface area contributed by atoms with Crippen molar-refractivity contribution in [1.82, 2.24) is 15.0 Å². The number of fused-ring (bicyclic) bond motifs is 1. The van der Waals surface area contributed by atoms with E-state index in [1.807, 2.05) is 30.5 Å². The van der Waals surface area contributed by atoms with E-state index in [9.17, 15) is 0 Å². The average Bonchev–Trinajstić information content (AvgIpc) is 3.62. The molecule has 2 atom stereocenters. The molecular weight excluding hydrogens is 529 g/mol. The predicted molar refractivity (Wildman–Crippen MR) is 126 cm³/mol. The highest BCUT2D eigenvalue weighted by atomic mass is 127. The molecule has 0 spiro atoms. The summed E-state index contributed by atoms with van der Waals surface area (Å²) >= 11 is 8.69. The number of rotatable bonds is 7. The molecule has 2 aliphatic rings. The van der Waals surface area contributed by atoms with Crippen LogP contribution in [-0.4, -0.2) is 40.6 Å². The fourth-order valence-electron chi connectivity index (χ4n) is 3.95. The van der Waals surface area contributed by atoms with Gasteiger partial charge in [-0.15, -0.1) is 0 Å². The zero-order chi connectivity index (χ0) is 21.3. The number of ether oxygens (including phenoxy) is 3.